The van der Waals surface area contributed by atoms with E-state index in [0.717, 1.165) is 0 Å². The minimum absolute atomic E-state index is 1.79. The van der Waals surface area contributed by atoms with Gasteiger partial charge in [0.05, 0.1) is 0 Å². The largest absolute Gasteiger partial charge is 0.295 e. The number of hydrogen-bond acceptors (Lipinski definition) is 2. The van der Waals surface area contributed by atoms with Gasteiger partial charge in [0.25, 0.3) is 7.55 Å². The second-order valence-corrected chi connectivity index (χ2v) is 7.34. The zero-order valence-electron chi connectivity index (χ0n) is 3.83. The van der Waals surface area contributed by atoms with Crippen LogP contribution in [-0.2, 0) is 0 Å². The third-order valence-electron chi connectivity index (χ3n) is 0.266. The maximum absolute atomic E-state index is 6.41. The van der Waals surface area contributed by atoms with Crippen molar-refractivity contribution >= 4 is 18.6 Å². The van der Waals surface area contributed by atoms with Crippen molar-refractivity contribution in [2.75, 3.05) is 0 Å². The highest BCUT2D eigenvalue weighted by molar-refractivity contribution is 7.17. The summed E-state index contributed by atoms with van der Waals surface area (Å²) in [4.78, 5) is 0. The monoisotopic (exact) mass is 122 g/mol. The van der Waals surface area contributed by atoms with Crippen molar-refractivity contribution in [1.29, 1.82) is 5.53 Å². The van der Waals surface area contributed by atoms with Crippen molar-refractivity contribution in [3.8, 4) is 0 Å². The summed E-state index contributed by atoms with van der Waals surface area (Å²) in [5.41, 5.74) is 6.41. The van der Waals surface area contributed by atoms with E-state index in [9.17, 15) is 0 Å². The molecule has 1 N–H and O–H groups in total. The molecule has 0 aliphatic carbocycles. The summed E-state index contributed by atoms with van der Waals surface area (Å²) in [5.74, 6) is 0. The summed E-state index contributed by atoms with van der Waals surface area (Å²) in [6, 6.07) is 0. The molecule has 0 aromatic carbocycles. The summed E-state index contributed by atoms with van der Waals surface area (Å²) in [5, 5.41) is 0. The van der Waals surface area contributed by atoms with Crippen LogP contribution >= 0.6 is 11.1 Å². The Morgan fingerprint density at radius 2 is 1.83 bits per heavy atom. The van der Waals surface area contributed by atoms with E-state index in [1.165, 1.54) is 0 Å². The highest BCUT2D eigenvalue weighted by Gasteiger charge is 2.13. The van der Waals surface area contributed by atoms with Crippen molar-refractivity contribution < 1.29 is 0 Å². The van der Waals surface area contributed by atoms with Gasteiger partial charge in [0.15, 0.2) is 0 Å². The summed E-state index contributed by atoms with van der Waals surface area (Å²) in [6.45, 7) is 3.59. The van der Waals surface area contributed by atoms with Crippen LogP contribution in [0, 0.1) is 5.53 Å². The van der Waals surface area contributed by atoms with Crippen molar-refractivity contribution in [2.24, 2.45) is 4.78 Å². The Balaban J connectivity index is 3.45. The molecule has 0 rings (SSSR count). The number of rotatable bonds is 1. The topological polar surface area (TPSA) is 36.2 Å². The van der Waals surface area contributed by atoms with E-state index in [0.29, 0.717) is 0 Å². The summed E-state index contributed by atoms with van der Waals surface area (Å²) < 4.78 is 3.18. The number of hydrogen-bond donors (Lipinski definition) is 1. The third-order valence-corrected chi connectivity index (χ3v) is 1.05. The van der Waals surface area contributed by atoms with Crippen LogP contribution in [0.4, 0.5) is 0 Å². The zero-order valence-corrected chi connectivity index (χ0v) is 5.58. The number of nitrogens with one attached hydrogen (secondary N) is 1. The fourth-order valence-electron chi connectivity index (χ4n) is 0. The first kappa shape index (κ1) is 6.11. The van der Waals surface area contributed by atoms with Gasteiger partial charge in [-0.15, -0.1) is 11.1 Å². The van der Waals surface area contributed by atoms with Crippen LogP contribution in [0.15, 0.2) is 4.78 Å². The second-order valence-electron chi connectivity index (χ2n) is 1.52. The molecular weight excluding hydrogens is 116 g/mol. The third kappa shape index (κ3) is 4.11. The van der Waals surface area contributed by atoms with Crippen molar-refractivity contribution in [2.45, 2.75) is 13.1 Å². The fraction of sp³-hybridized carbons (Fsp3) is 1.00. The lowest BCUT2D eigenvalue weighted by Gasteiger charge is -1.97. The first-order chi connectivity index (χ1) is 2.56. The molecule has 0 aliphatic rings. The van der Waals surface area contributed by atoms with Gasteiger partial charge >= 0.3 is 0 Å². The molecule has 0 amide bonds. The van der Waals surface area contributed by atoms with E-state index in [1.54, 1.807) is 13.1 Å². The minimum Gasteiger partial charge on any atom is -0.222 e. The molecule has 0 bridgehead atoms. The Kier molecular flexibility index (Phi) is 1.74. The Morgan fingerprint density at radius 1 is 1.67 bits per heavy atom. The quantitative estimate of drug-likeness (QED) is 0.314. The smallest absolute Gasteiger partial charge is 0.222 e. The Hall–Kier alpha value is 0.107. The highest BCUT2D eigenvalue weighted by Crippen LogP contribution is 2.06. The summed E-state index contributed by atoms with van der Waals surface area (Å²) >= 11 is 5.50. The van der Waals surface area contributed by atoms with Gasteiger partial charge in [-0.25, -0.2) is 10.3 Å². The summed E-state index contributed by atoms with van der Waals surface area (Å²) in [7, 11) is -1.87. The molecule has 0 radical (unpaired) electrons. The molecule has 0 heterocycles. The Bertz CT molecular complexity index is 57.1. The molecule has 36 valence electrons. The Morgan fingerprint density at radius 3 is 1.83 bits per heavy atom. The van der Waals surface area contributed by atoms with Crippen LogP contribution < -0.4 is 0 Å². The van der Waals surface area contributed by atoms with Gasteiger partial charge in [0, 0.05) is 0 Å². The SMILES string of the molecule is C[Si](C)(Cl)N=N. The predicted octanol–water partition coefficient (Wildman–Crippen LogP) is 1.96. The minimum atomic E-state index is -1.87. The lowest BCUT2D eigenvalue weighted by atomic mass is 11.9. The zero-order chi connectivity index (χ0) is 5.21. The van der Waals surface area contributed by atoms with Crippen molar-refractivity contribution in [3.05, 3.63) is 0 Å². The highest BCUT2D eigenvalue weighted by atomic mass is 35.6. The molecule has 2 nitrogen and oxygen atoms in total. The predicted molar refractivity (Wildman–Crippen MR) is 28.5 cm³/mol. The van der Waals surface area contributed by atoms with E-state index < -0.39 is 7.55 Å². The lowest BCUT2D eigenvalue weighted by Crippen LogP contribution is -2.09. The van der Waals surface area contributed by atoms with Gasteiger partial charge in [0.2, 0.25) is 0 Å². The van der Waals surface area contributed by atoms with Crippen molar-refractivity contribution in [1.82, 2.24) is 0 Å². The van der Waals surface area contributed by atoms with Gasteiger partial charge < -0.3 is 0 Å². The van der Waals surface area contributed by atoms with Crippen LogP contribution in [0.3, 0.4) is 0 Å². The van der Waals surface area contributed by atoms with E-state index in [1.807, 2.05) is 0 Å². The van der Waals surface area contributed by atoms with E-state index in [2.05, 4.69) is 4.78 Å². The molecule has 0 aromatic heterocycles. The maximum atomic E-state index is 6.41. The van der Waals surface area contributed by atoms with Crippen molar-refractivity contribution in [3.63, 3.8) is 0 Å². The molecule has 4 heteroatoms. The Labute approximate surface area is 42.8 Å². The standard InChI is InChI=1S/C2H7ClN2Si/c1-6(2,3)5-4/h4H,1-2H3. The van der Waals surface area contributed by atoms with Crippen LogP contribution in [0.2, 0.25) is 13.1 Å². The van der Waals surface area contributed by atoms with E-state index in [4.69, 9.17) is 16.6 Å². The van der Waals surface area contributed by atoms with E-state index in [-0.39, 0.29) is 0 Å². The first-order valence-electron chi connectivity index (χ1n) is 1.64. The van der Waals surface area contributed by atoms with Crippen LogP contribution in [0.1, 0.15) is 0 Å². The van der Waals surface area contributed by atoms with Gasteiger partial charge in [-0.1, -0.05) is 0 Å². The van der Waals surface area contributed by atoms with Gasteiger partial charge in [-0.3, -0.25) is 0 Å². The lowest BCUT2D eigenvalue weighted by molar-refractivity contribution is 1.20. The molecular formula is C2H7ClN2Si. The molecule has 0 unspecified atom stereocenters. The average molecular weight is 123 g/mol. The molecule has 0 aromatic rings. The molecule has 0 atom stereocenters. The molecule has 0 aliphatic heterocycles. The normalized spacial score (nSPS) is 11.2. The average Bonchev–Trinajstić information content (AvgIpc) is 1.35. The molecule has 0 saturated heterocycles. The second kappa shape index (κ2) is 1.71. The first-order valence-corrected chi connectivity index (χ1v) is 5.60. The number of halogens is 1. The van der Waals surface area contributed by atoms with Gasteiger partial charge in [-0.2, -0.15) is 0 Å². The molecule has 6 heavy (non-hydrogen) atoms. The van der Waals surface area contributed by atoms with Crippen LogP contribution in [0.25, 0.3) is 0 Å². The van der Waals surface area contributed by atoms with E-state index >= 15 is 0 Å². The molecule has 0 saturated carbocycles. The maximum Gasteiger partial charge on any atom is 0.295 e. The molecule has 0 fully saturated rings. The van der Waals surface area contributed by atoms with Gasteiger partial charge in [-0.05, 0) is 13.1 Å². The molecule has 0 spiro atoms. The fourth-order valence-corrected chi connectivity index (χ4v) is 0. The van der Waals surface area contributed by atoms with Crippen LogP contribution in [-0.4, -0.2) is 7.55 Å². The number of nitrogens with zero attached hydrogens (tertiary/aromatic N) is 1. The van der Waals surface area contributed by atoms with Crippen LogP contribution in [0.5, 0.6) is 0 Å². The summed E-state index contributed by atoms with van der Waals surface area (Å²) in [6.07, 6.45) is 0. The van der Waals surface area contributed by atoms with Gasteiger partial charge in [0.1, 0.15) is 0 Å².